The first-order valence-corrected chi connectivity index (χ1v) is 7.56. The smallest absolute Gasteiger partial charge is 0.446 e. The van der Waals surface area contributed by atoms with Gasteiger partial charge >= 0.3 is 5.51 Å². The van der Waals surface area contributed by atoms with Gasteiger partial charge in [-0.2, -0.15) is 13.2 Å². The number of fused-ring (bicyclic) bond motifs is 1. The maximum atomic E-state index is 12.3. The van der Waals surface area contributed by atoms with E-state index in [1.807, 2.05) is 0 Å². The second-order valence-corrected chi connectivity index (χ2v) is 6.27. The number of halogens is 3. The standard InChI is InChI=1S/C17H11F3O2S/c18-17(19,20)23-14-4-1-10(2-5-14)7-12-8-11-9-13(21)3-6-15(11)16(12)22/h1-7,9,21H,8H2/b12-7+. The normalized spacial score (nSPS) is 16.0. The van der Waals surface area contributed by atoms with E-state index in [9.17, 15) is 23.1 Å². The topological polar surface area (TPSA) is 37.3 Å². The van der Waals surface area contributed by atoms with E-state index in [0.717, 1.165) is 5.56 Å². The minimum absolute atomic E-state index is 0.102. The molecule has 0 aromatic heterocycles. The van der Waals surface area contributed by atoms with Crippen LogP contribution in [0.5, 0.6) is 5.75 Å². The Labute approximate surface area is 134 Å². The first-order valence-electron chi connectivity index (χ1n) is 6.75. The molecule has 1 N–H and O–H groups in total. The van der Waals surface area contributed by atoms with E-state index in [1.54, 1.807) is 30.3 Å². The maximum absolute atomic E-state index is 12.3. The monoisotopic (exact) mass is 336 g/mol. The summed E-state index contributed by atoms with van der Waals surface area (Å²) in [5, 5.41) is 9.46. The zero-order valence-corrected chi connectivity index (χ0v) is 12.5. The molecular formula is C17H11F3O2S. The molecule has 0 fully saturated rings. The molecule has 2 aromatic rings. The summed E-state index contributed by atoms with van der Waals surface area (Å²) < 4.78 is 36.9. The summed E-state index contributed by atoms with van der Waals surface area (Å²) in [6.45, 7) is 0. The molecule has 0 bridgehead atoms. The Kier molecular flexibility index (Phi) is 3.93. The highest BCUT2D eigenvalue weighted by Crippen LogP contribution is 2.37. The fraction of sp³-hybridized carbons (Fsp3) is 0.118. The van der Waals surface area contributed by atoms with Crippen LogP contribution in [-0.2, 0) is 6.42 Å². The van der Waals surface area contributed by atoms with Crippen LogP contribution in [0, 0.1) is 0 Å². The van der Waals surface area contributed by atoms with Crippen molar-refractivity contribution < 1.29 is 23.1 Å². The molecular weight excluding hydrogens is 325 g/mol. The van der Waals surface area contributed by atoms with E-state index in [2.05, 4.69) is 0 Å². The van der Waals surface area contributed by atoms with Crippen molar-refractivity contribution in [3.05, 3.63) is 64.7 Å². The predicted molar refractivity (Wildman–Crippen MR) is 82.5 cm³/mol. The number of carbonyl (C=O) groups excluding carboxylic acids is 1. The molecule has 118 valence electrons. The van der Waals surface area contributed by atoms with Gasteiger partial charge in [-0.3, -0.25) is 4.79 Å². The fourth-order valence-electron chi connectivity index (χ4n) is 2.49. The average Bonchev–Trinajstić information content (AvgIpc) is 2.75. The lowest BCUT2D eigenvalue weighted by Gasteiger charge is -2.05. The van der Waals surface area contributed by atoms with E-state index in [-0.39, 0.29) is 28.2 Å². The first-order chi connectivity index (χ1) is 10.8. The third-order valence-electron chi connectivity index (χ3n) is 3.46. The molecule has 6 heteroatoms. The molecule has 3 rings (SSSR count). The molecule has 1 aliphatic rings. The zero-order valence-electron chi connectivity index (χ0n) is 11.7. The van der Waals surface area contributed by atoms with Crippen molar-refractivity contribution in [2.75, 3.05) is 0 Å². The van der Waals surface area contributed by atoms with Crippen molar-refractivity contribution in [1.82, 2.24) is 0 Å². The molecule has 0 amide bonds. The second-order valence-electron chi connectivity index (χ2n) is 5.13. The van der Waals surface area contributed by atoms with Gasteiger partial charge in [0, 0.05) is 22.5 Å². The fourth-order valence-corrected chi connectivity index (χ4v) is 3.03. The van der Waals surface area contributed by atoms with Crippen LogP contribution in [0.25, 0.3) is 6.08 Å². The van der Waals surface area contributed by atoms with E-state index < -0.39 is 5.51 Å². The van der Waals surface area contributed by atoms with Crippen LogP contribution in [0.15, 0.2) is 52.9 Å². The Morgan fingerprint density at radius 2 is 1.78 bits per heavy atom. The van der Waals surface area contributed by atoms with Gasteiger partial charge in [0.05, 0.1) is 0 Å². The molecule has 0 radical (unpaired) electrons. The number of aromatic hydroxyl groups is 1. The SMILES string of the molecule is O=C1/C(=C/c2ccc(SC(F)(F)F)cc2)Cc2cc(O)ccc21. The zero-order chi connectivity index (χ0) is 16.6. The van der Waals surface area contributed by atoms with Crippen LogP contribution in [-0.4, -0.2) is 16.4 Å². The molecule has 0 saturated heterocycles. The Bertz CT molecular complexity index is 792. The number of hydrogen-bond acceptors (Lipinski definition) is 3. The van der Waals surface area contributed by atoms with E-state index in [1.165, 1.54) is 18.2 Å². The lowest BCUT2D eigenvalue weighted by atomic mass is 10.1. The molecule has 0 aliphatic heterocycles. The van der Waals surface area contributed by atoms with Crippen LogP contribution in [0.3, 0.4) is 0 Å². The Hall–Kier alpha value is -2.21. The minimum Gasteiger partial charge on any atom is -0.508 e. The lowest BCUT2D eigenvalue weighted by molar-refractivity contribution is -0.0328. The number of phenolic OH excluding ortho intramolecular Hbond substituents is 1. The number of hydrogen-bond donors (Lipinski definition) is 1. The molecule has 2 aromatic carbocycles. The van der Waals surface area contributed by atoms with Crippen molar-refractivity contribution in [3.8, 4) is 5.75 Å². The lowest BCUT2D eigenvalue weighted by Crippen LogP contribution is -1.98. The summed E-state index contributed by atoms with van der Waals surface area (Å²) in [6, 6.07) is 10.5. The molecule has 0 saturated carbocycles. The Morgan fingerprint density at radius 1 is 1.09 bits per heavy atom. The van der Waals surface area contributed by atoms with Crippen molar-refractivity contribution >= 4 is 23.6 Å². The van der Waals surface area contributed by atoms with Crippen molar-refractivity contribution in [2.24, 2.45) is 0 Å². The summed E-state index contributed by atoms with van der Waals surface area (Å²) in [4.78, 5) is 12.4. The first kappa shape index (κ1) is 15.7. The Balaban J connectivity index is 1.82. The van der Waals surface area contributed by atoms with E-state index in [4.69, 9.17) is 0 Å². The van der Waals surface area contributed by atoms with Gasteiger partial charge in [0.15, 0.2) is 5.78 Å². The van der Waals surface area contributed by atoms with Crippen LogP contribution >= 0.6 is 11.8 Å². The molecule has 1 aliphatic carbocycles. The third-order valence-corrected chi connectivity index (χ3v) is 4.20. The molecule has 2 nitrogen and oxygen atoms in total. The van der Waals surface area contributed by atoms with Crippen LogP contribution in [0.2, 0.25) is 0 Å². The third kappa shape index (κ3) is 3.59. The van der Waals surface area contributed by atoms with Gasteiger partial charge in [-0.05, 0) is 59.3 Å². The number of carbonyl (C=O) groups is 1. The molecule has 0 unspecified atom stereocenters. The number of ketones is 1. The number of alkyl halides is 3. The highest BCUT2D eigenvalue weighted by molar-refractivity contribution is 8.00. The number of phenols is 1. The van der Waals surface area contributed by atoms with Gasteiger partial charge in [0.2, 0.25) is 0 Å². The highest BCUT2D eigenvalue weighted by atomic mass is 32.2. The molecule has 0 atom stereocenters. The van der Waals surface area contributed by atoms with Gasteiger partial charge < -0.3 is 5.11 Å². The van der Waals surface area contributed by atoms with Crippen LogP contribution in [0.1, 0.15) is 21.5 Å². The van der Waals surface area contributed by atoms with Crippen LogP contribution in [0.4, 0.5) is 13.2 Å². The van der Waals surface area contributed by atoms with E-state index in [0.29, 0.717) is 23.1 Å². The van der Waals surface area contributed by atoms with Gasteiger partial charge in [-0.1, -0.05) is 12.1 Å². The summed E-state index contributed by atoms with van der Waals surface area (Å²) in [7, 11) is 0. The Morgan fingerprint density at radius 3 is 2.43 bits per heavy atom. The number of Topliss-reactive ketones (excluding diaryl/α,β-unsaturated/α-hetero) is 1. The predicted octanol–water partition coefficient (Wildman–Crippen LogP) is 4.83. The van der Waals surface area contributed by atoms with Gasteiger partial charge in [-0.25, -0.2) is 0 Å². The van der Waals surface area contributed by atoms with Gasteiger partial charge in [0.25, 0.3) is 0 Å². The van der Waals surface area contributed by atoms with Crippen molar-refractivity contribution in [2.45, 2.75) is 16.8 Å². The summed E-state index contributed by atoms with van der Waals surface area (Å²) >= 11 is -0.171. The van der Waals surface area contributed by atoms with Crippen LogP contribution < -0.4 is 0 Å². The summed E-state index contributed by atoms with van der Waals surface area (Å²) in [5.41, 5.74) is -1.78. The number of rotatable bonds is 2. The minimum atomic E-state index is -4.31. The molecule has 0 spiro atoms. The maximum Gasteiger partial charge on any atom is 0.446 e. The second kappa shape index (κ2) is 5.77. The van der Waals surface area contributed by atoms with Gasteiger partial charge in [0.1, 0.15) is 5.75 Å². The number of thioether (sulfide) groups is 1. The number of allylic oxidation sites excluding steroid dienone is 1. The summed E-state index contributed by atoms with van der Waals surface area (Å²) in [5.74, 6) is -0.0138. The largest absolute Gasteiger partial charge is 0.508 e. The van der Waals surface area contributed by atoms with Gasteiger partial charge in [-0.15, -0.1) is 0 Å². The van der Waals surface area contributed by atoms with E-state index >= 15 is 0 Å². The van der Waals surface area contributed by atoms with Crippen molar-refractivity contribution in [3.63, 3.8) is 0 Å². The average molecular weight is 336 g/mol. The summed E-state index contributed by atoms with van der Waals surface area (Å²) in [6.07, 6.45) is 2.07. The molecule has 0 heterocycles. The molecule has 23 heavy (non-hydrogen) atoms. The number of benzene rings is 2. The highest BCUT2D eigenvalue weighted by Gasteiger charge is 2.29. The quantitative estimate of drug-likeness (QED) is 0.631. The van der Waals surface area contributed by atoms with Crippen molar-refractivity contribution in [1.29, 1.82) is 0 Å².